The fourth-order valence-corrected chi connectivity index (χ4v) is 2.43. The van der Waals surface area contributed by atoms with E-state index in [4.69, 9.17) is 5.11 Å². The van der Waals surface area contributed by atoms with Crippen LogP contribution >= 0.6 is 0 Å². The van der Waals surface area contributed by atoms with Gasteiger partial charge in [-0.1, -0.05) is 19.1 Å². The molecular formula is C12H15NO4. The zero-order valence-corrected chi connectivity index (χ0v) is 9.63. The van der Waals surface area contributed by atoms with Crippen LogP contribution in [0.5, 0.6) is 0 Å². The summed E-state index contributed by atoms with van der Waals surface area (Å²) in [6, 6.07) is -0.372. The van der Waals surface area contributed by atoms with Crippen LogP contribution in [-0.4, -0.2) is 33.8 Å². The number of carbonyl (C=O) groups excluding carboxylic acids is 2. The van der Waals surface area contributed by atoms with Crippen molar-refractivity contribution in [3.05, 3.63) is 12.2 Å². The van der Waals surface area contributed by atoms with Crippen molar-refractivity contribution in [1.29, 1.82) is 0 Å². The Morgan fingerprint density at radius 3 is 2.35 bits per heavy atom. The maximum atomic E-state index is 11.8. The van der Waals surface area contributed by atoms with Gasteiger partial charge in [0.25, 0.3) is 0 Å². The van der Waals surface area contributed by atoms with Gasteiger partial charge in [0.1, 0.15) is 0 Å². The van der Waals surface area contributed by atoms with Gasteiger partial charge >= 0.3 is 5.97 Å². The van der Waals surface area contributed by atoms with Crippen molar-refractivity contribution in [3.8, 4) is 0 Å². The lowest BCUT2D eigenvalue weighted by Gasteiger charge is -2.32. The second-order valence-corrected chi connectivity index (χ2v) is 4.80. The summed E-state index contributed by atoms with van der Waals surface area (Å²) in [7, 11) is 0. The van der Waals surface area contributed by atoms with Gasteiger partial charge in [-0.25, -0.2) is 0 Å². The van der Waals surface area contributed by atoms with Crippen LogP contribution in [0.15, 0.2) is 12.2 Å². The SMILES string of the molecule is CC1CC(=O)N(C2C=CC(C(=O)O)C2)C(=O)C1. The topological polar surface area (TPSA) is 74.7 Å². The van der Waals surface area contributed by atoms with E-state index in [1.54, 1.807) is 12.2 Å². The maximum absolute atomic E-state index is 11.8. The molecule has 0 radical (unpaired) electrons. The van der Waals surface area contributed by atoms with Crippen LogP contribution in [0.4, 0.5) is 0 Å². The number of carbonyl (C=O) groups is 3. The third-order valence-electron chi connectivity index (χ3n) is 3.29. The fraction of sp³-hybridized carbons (Fsp3) is 0.583. The van der Waals surface area contributed by atoms with E-state index in [0.717, 1.165) is 0 Å². The minimum Gasteiger partial charge on any atom is -0.481 e. The molecule has 1 heterocycles. The van der Waals surface area contributed by atoms with Crippen LogP contribution in [-0.2, 0) is 14.4 Å². The van der Waals surface area contributed by atoms with E-state index in [1.165, 1.54) is 4.90 Å². The summed E-state index contributed by atoms with van der Waals surface area (Å²) in [6.07, 6.45) is 4.26. The Hall–Kier alpha value is -1.65. The highest BCUT2D eigenvalue weighted by Crippen LogP contribution is 2.28. The van der Waals surface area contributed by atoms with Gasteiger partial charge in [-0.15, -0.1) is 0 Å². The molecule has 2 unspecified atom stereocenters. The van der Waals surface area contributed by atoms with Gasteiger partial charge < -0.3 is 5.11 Å². The number of amides is 2. The molecule has 2 aliphatic rings. The minimum atomic E-state index is -0.908. The van der Waals surface area contributed by atoms with Gasteiger partial charge in [-0.05, 0) is 12.3 Å². The lowest BCUT2D eigenvalue weighted by atomic mass is 9.95. The molecule has 5 nitrogen and oxygen atoms in total. The molecule has 0 aromatic heterocycles. The van der Waals surface area contributed by atoms with Gasteiger partial charge in [0, 0.05) is 12.8 Å². The number of aliphatic carboxylic acids is 1. The van der Waals surface area contributed by atoms with Gasteiger partial charge in [0.15, 0.2) is 0 Å². The summed E-state index contributed by atoms with van der Waals surface area (Å²) in [5.41, 5.74) is 0. The average Bonchev–Trinajstić information content (AvgIpc) is 2.65. The van der Waals surface area contributed by atoms with Crippen LogP contribution in [0, 0.1) is 11.8 Å². The predicted molar refractivity (Wildman–Crippen MR) is 58.9 cm³/mol. The molecule has 1 fully saturated rings. The quantitative estimate of drug-likeness (QED) is 0.569. The zero-order chi connectivity index (χ0) is 12.6. The summed E-state index contributed by atoms with van der Waals surface area (Å²) in [4.78, 5) is 35.6. The van der Waals surface area contributed by atoms with Crippen LogP contribution in [0.25, 0.3) is 0 Å². The van der Waals surface area contributed by atoms with Crippen LogP contribution in [0.1, 0.15) is 26.2 Å². The Labute approximate surface area is 99.1 Å². The van der Waals surface area contributed by atoms with Crippen molar-refractivity contribution >= 4 is 17.8 Å². The molecule has 0 aromatic carbocycles. The molecule has 0 aromatic rings. The molecule has 2 atom stereocenters. The molecule has 2 rings (SSSR count). The fourth-order valence-electron chi connectivity index (χ4n) is 2.43. The molecule has 2 amide bonds. The molecule has 5 heteroatoms. The molecule has 0 saturated carbocycles. The summed E-state index contributed by atoms with van der Waals surface area (Å²) < 4.78 is 0. The largest absolute Gasteiger partial charge is 0.481 e. The van der Waals surface area contributed by atoms with E-state index in [2.05, 4.69) is 0 Å². The molecule has 1 N–H and O–H groups in total. The number of piperidine rings is 1. The normalized spacial score (nSPS) is 30.1. The van der Waals surface area contributed by atoms with Crippen molar-refractivity contribution in [2.45, 2.75) is 32.2 Å². The van der Waals surface area contributed by atoms with E-state index in [0.29, 0.717) is 19.3 Å². The first-order valence-electron chi connectivity index (χ1n) is 5.75. The van der Waals surface area contributed by atoms with Crippen LogP contribution in [0.3, 0.4) is 0 Å². The van der Waals surface area contributed by atoms with Crippen LogP contribution < -0.4 is 0 Å². The van der Waals surface area contributed by atoms with Crippen LogP contribution in [0.2, 0.25) is 0 Å². The van der Waals surface area contributed by atoms with Gasteiger partial charge in [0.05, 0.1) is 12.0 Å². The van der Waals surface area contributed by atoms with Crippen molar-refractivity contribution < 1.29 is 19.5 Å². The highest BCUT2D eigenvalue weighted by atomic mass is 16.4. The number of carboxylic acid groups (broad SMARTS) is 1. The Balaban J connectivity index is 2.09. The Bertz CT molecular complexity index is 383. The average molecular weight is 237 g/mol. The molecule has 0 spiro atoms. The standard InChI is InChI=1S/C12H15NO4/c1-7-4-10(14)13(11(15)5-7)9-3-2-8(6-9)12(16)17/h2-3,7-9H,4-6H2,1H3,(H,16,17). The number of nitrogens with zero attached hydrogens (tertiary/aromatic N) is 1. The molecule has 17 heavy (non-hydrogen) atoms. The first kappa shape index (κ1) is 11.8. The number of imide groups is 1. The van der Waals surface area contributed by atoms with Crippen molar-refractivity contribution in [2.75, 3.05) is 0 Å². The Kier molecular flexibility index (Phi) is 3.00. The first-order valence-corrected chi connectivity index (χ1v) is 5.75. The van der Waals surface area contributed by atoms with Crippen molar-refractivity contribution in [1.82, 2.24) is 4.90 Å². The van der Waals surface area contributed by atoms with Gasteiger partial charge in [-0.2, -0.15) is 0 Å². The number of likely N-dealkylation sites (tertiary alicyclic amines) is 1. The number of carboxylic acids is 1. The number of hydrogen-bond donors (Lipinski definition) is 1. The summed E-state index contributed by atoms with van der Waals surface area (Å²) >= 11 is 0. The highest BCUT2D eigenvalue weighted by molar-refractivity contribution is 5.98. The van der Waals surface area contributed by atoms with E-state index < -0.39 is 11.9 Å². The van der Waals surface area contributed by atoms with E-state index in [9.17, 15) is 14.4 Å². The molecule has 0 bridgehead atoms. The van der Waals surface area contributed by atoms with Crippen molar-refractivity contribution in [3.63, 3.8) is 0 Å². The molecule has 1 saturated heterocycles. The maximum Gasteiger partial charge on any atom is 0.310 e. The number of hydrogen-bond acceptors (Lipinski definition) is 3. The Morgan fingerprint density at radius 2 is 1.88 bits per heavy atom. The van der Waals surface area contributed by atoms with E-state index in [-0.39, 0.29) is 23.8 Å². The summed E-state index contributed by atoms with van der Waals surface area (Å²) in [5.74, 6) is -1.77. The molecule has 1 aliphatic heterocycles. The second-order valence-electron chi connectivity index (χ2n) is 4.80. The first-order chi connectivity index (χ1) is 7.99. The lowest BCUT2D eigenvalue weighted by Crippen LogP contribution is -2.47. The molecule has 92 valence electrons. The minimum absolute atomic E-state index is 0.0897. The predicted octanol–water partition coefficient (Wildman–Crippen LogP) is 0.801. The molecular weight excluding hydrogens is 222 g/mol. The van der Waals surface area contributed by atoms with E-state index in [1.807, 2.05) is 6.92 Å². The third-order valence-corrected chi connectivity index (χ3v) is 3.29. The second kappa shape index (κ2) is 4.31. The van der Waals surface area contributed by atoms with E-state index >= 15 is 0 Å². The zero-order valence-electron chi connectivity index (χ0n) is 9.63. The summed E-state index contributed by atoms with van der Waals surface area (Å²) in [6.45, 7) is 1.87. The summed E-state index contributed by atoms with van der Waals surface area (Å²) in [5, 5.41) is 8.86. The molecule has 1 aliphatic carbocycles. The smallest absolute Gasteiger partial charge is 0.310 e. The number of rotatable bonds is 2. The van der Waals surface area contributed by atoms with Gasteiger partial charge in [0.2, 0.25) is 11.8 Å². The third kappa shape index (κ3) is 2.23. The monoisotopic (exact) mass is 237 g/mol. The highest BCUT2D eigenvalue weighted by Gasteiger charge is 2.38. The Morgan fingerprint density at radius 1 is 1.29 bits per heavy atom. The van der Waals surface area contributed by atoms with Gasteiger partial charge in [-0.3, -0.25) is 19.3 Å². The lowest BCUT2D eigenvalue weighted by molar-refractivity contribution is -0.152. The van der Waals surface area contributed by atoms with Crippen molar-refractivity contribution in [2.24, 2.45) is 11.8 Å².